The van der Waals surface area contributed by atoms with Crippen LogP contribution < -0.4 is 10.1 Å². The molecule has 11 heteroatoms. The summed E-state index contributed by atoms with van der Waals surface area (Å²) in [5.74, 6) is 0.195. The maximum Gasteiger partial charge on any atom is 0.270 e. The third kappa shape index (κ3) is 7.24. The van der Waals surface area contributed by atoms with Crippen LogP contribution in [0.1, 0.15) is 60.7 Å². The normalized spacial score (nSPS) is 20.9. The third-order valence-corrected chi connectivity index (χ3v) is 6.19. The minimum absolute atomic E-state index is 0.166. The highest BCUT2D eigenvalue weighted by Crippen LogP contribution is 2.24. The average Bonchev–Trinajstić information content (AvgIpc) is 3.39. The maximum atomic E-state index is 14.1. The Morgan fingerprint density at radius 3 is 2.82 bits per heavy atom. The number of ether oxygens (including phenoxy) is 3. The molecule has 0 aliphatic carbocycles. The smallest absolute Gasteiger partial charge is 0.270 e. The van der Waals surface area contributed by atoms with Gasteiger partial charge in [0.1, 0.15) is 23.3 Å². The summed E-state index contributed by atoms with van der Waals surface area (Å²) in [6.45, 7) is 7.07. The number of benzene rings is 1. The van der Waals surface area contributed by atoms with Crippen LogP contribution in [0.2, 0.25) is 0 Å². The fourth-order valence-electron chi connectivity index (χ4n) is 4.02. The molecule has 1 amide bonds. The standard InChI is InChI=1S/C27H32FN5O5/c1-16(2)7-9-35-24-10-18(4-5-20(24)28)13-30-27(34)23-11-21(31-17(3)32-23)22-12-25(38-33-22)26-15-36-19(6-8-29)14-37-26/h4-5,10-11,16,19,25-26H,6-7,9,12-15H2,1-3H3,(H,30,34). The van der Waals surface area contributed by atoms with Gasteiger partial charge in [-0.2, -0.15) is 5.26 Å². The van der Waals surface area contributed by atoms with Gasteiger partial charge in [0.2, 0.25) is 0 Å². The molecule has 0 radical (unpaired) electrons. The van der Waals surface area contributed by atoms with Crippen molar-refractivity contribution in [1.82, 2.24) is 15.3 Å². The van der Waals surface area contributed by atoms with Gasteiger partial charge in [0.25, 0.3) is 5.91 Å². The van der Waals surface area contributed by atoms with Gasteiger partial charge in [-0.3, -0.25) is 4.79 Å². The second kappa shape index (κ2) is 12.8. The van der Waals surface area contributed by atoms with E-state index in [2.05, 4.69) is 40.4 Å². The molecule has 0 bridgehead atoms. The highest BCUT2D eigenvalue weighted by atomic mass is 19.1. The number of hydrogen-bond acceptors (Lipinski definition) is 9. The molecule has 2 aliphatic rings. The number of aromatic nitrogens is 2. The predicted octanol–water partition coefficient (Wildman–Crippen LogP) is 3.47. The van der Waals surface area contributed by atoms with Crippen molar-refractivity contribution < 1.29 is 28.2 Å². The van der Waals surface area contributed by atoms with E-state index < -0.39 is 11.7 Å². The molecule has 4 rings (SSSR count). The number of hydrogen-bond donors (Lipinski definition) is 1. The Balaban J connectivity index is 1.34. The van der Waals surface area contributed by atoms with Crippen molar-refractivity contribution in [2.45, 2.75) is 64.9 Å². The quantitative estimate of drug-likeness (QED) is 0.499. The van der Waals surface area contributed by atoms with Crippen molar-refractivity contribution in [1.29, 1.82) is 5.26 Å². The first-order valence-electron chi connectivity index (χ1n) is 12.7. The van der Waals surface area contributed by atoms with Gasteiger partial charge in [0, 0.05) is 13.0 Å². The Labute approximate surface area is 221 Å². The molecule has 2 aliphatic heterocycles. The summed E-state index contributed by atoms with van der Waals surface area (Å²) < 4.78 is 31.2. The molecule has 3 atom stereocenters. The number of carbonyl (C=O) groups excluding carboxylic acids is 1. The largest absolute Gasteiger partial charge is 0.490 e. The van der Waals surface area contributed by atoms with Crippen molar-refractivity contribution >= 4 is 11.6 Å². The van der Waals surface area contributed by atoms with Crippen molar-refractivity contribution in [3.8, 4) is 11.8 Å². The third-order valence-electron chi connectivity index (χ3n) is 6.19. The summed E-state index contributed by atoms with van der Waals surface area (Å²) >= 11 is 0. The van der Waals surface area contributed by atoms with Crippen LogP contribution in [0.25, 0.3) is 0 Å². The van der Waals surface area contributed by atoms with Crippen LogP contribution in [0.4, 0.5) is 4.39 Å². The monoisotopic (exact) mass is 525 g/mol. The van der Waals surface area contributed by atoms with E-state index in [1.165, 1.54) is 6.07 Å². The Morgan fingerprint density at radius 1 is 1.24 bits per heavy atom. The lowest BCUT2D eigenvalue weighted by Gasteiger charge is -2.30. The second-order valence-electron chi connectivity index (χ2n) is 9.74. The topological polar surface area (TPSA) is 128 Å². The molecular weight excluding hydrogens is 493 g/mol. The van der Waals surface area contributed by atoms with E-state index in [1.54, 1.807) is 25.1 Å². The maximum absolute atomic E-state index is 14.1. The van der Waals surface area contributed by atoms with E-state index in [0.29, 0.717) is 55.0 Å². The minimum atomic E-state index is -0.440. The number of nitriles is 1. The molecule has 1 saturated heterocycles. The molecule has 1 N–H and O–H groups in total. The van der Waals surface area contributed by atoms with Gasteiger partial charge in [0.05, 0.1) is 44.1 Å². The number of nitrogens with zero attached hydrogens (tertiary/aromatic N) is 4. The molecule has 202 valence electrons. The van der Waals surface area contributed by atoms with Gasteiger partial charge in [-0.15, -0.1) is 0 Å². The van der Waals surface area contributed by atoms with Crippen molar-refractivity contribution in [3.05, 3.63) is 52.9 Å². The first kappa shape index (κ1) is 27.4. The van der Waals surface area contributed by atoms with Crippen LogP contribution in [0.15, 0.2) is 29.4 Å². The fourth-order valence-corrected chi connectivity index (χ4v) is 4.02. The van der Waals surface area contributed by atoms with Gasteiger partial charge in [-0.05, 0) is 43.0 Å². The average molecular weight is 526 g/mol. The molecule has 1 aromatic heterocycles. The highest BCUT2D eigenvalue weighted by Gasteiger charge is 2.35. The van der Waals surface area contributed by atoms with Gasteiger partial charge in [-0.1, -0.05) is 25.1 Å². The second-order valence-corrected chi connectivity index (χ2v) is 9.74. The molecule has 1 aromatic carbocycles. The summed E-state index contributed by atoms with van der Waals surface area (Å²) in [5, 5.41) is 15.8. The van der Waals surface area contributed by atoms with E-state index in [1.807, 2.05) is 0 Å². The zero-order valence-electron chi connectivity index (χ0n) is 21.8. The molecule has 3 heterocycles. The Kier molecular flexibility index (Phi) is 9.20. The lowest BCUT2D eigenvalue weighted by atomic mass is 10.0. The lowest BCUT2D eigenvalue weighted by Crippen LogP contribution is -2.42. The van der Waals surface area contributed by atoms with Gasteiger partial charge >= 0.3 is 0 Å². The van der Waals surface area contributed by atoms with Crippen LogP contribution >= 0.6 is 0 Å². The summed E-state index contributed by atoms with van der Waals surface area (Å²) in [6, 6.07) is 8.17. The lowest BCUT2D eigenvalue weighted by molar-refractivity contribution is -0.169. The van der Waals surface area contributed by atoms with Crippen molar-refractivity contribution in [2.24, 2.45) is 11.1 Å². The van der Waals surface area contributed by atoms with Gasteiger partial charge < -0.3 is 24.4 Å². The van der Waals surface area contributed by atoms with Crippen LogP contribution in [0.5, 0.6) is 5.75 Å². The number of amides is 1. The van der Waals surface area contributed by atoms with Crippen LogP contribution in [0, 0.1) is 30.0 Å². The molecule has 38 heavy (non-hydrogen) atoms. The number of rotatable bonds is 10. The zero-order chi connectivity index (χ0) is 27.1. The molecule has 0 spiro atoms. The van der Waals surface area contributed by atoms with Crippen molar-refractivity contribution in [2.75, 3.05) is 19.8 Å². The van der Waals surface area contributed by atoms with E-state index >= 15 is 0 Å². The number of carbonyl (C=O) groups is 1. The summed E-state index contributed by atoms with van der Waals surface area (Å²) in [6.07, 6.45) is 0.630. The first-order chi connectivity index (χ1) is 18.3. The summed E-state index contributed by atoms with van der Waals surface area (Å²) in [7, 11) is 0. The Hall–Kier alpha value is -3.62. The number of nitrogens with one attached hydrogen (secondary N) is 1. The van der Waals surface area contributed by atoms with E-state index in [4.69, 9.17) is 24.3 Å². The van der Waals surface area contributed by atoms with Gasteiger partial charge in [-0.25, -0.2) is 14.4 Å². The molecule has 3 unspecified atom stereocenters. The molecular formula is C27H32FN5O5. The van der Waals surface area contributed by atoms with Crippen molar-refractivity contribution in [3.63, 3.8) is 0 Å². The van der Waals surface area contributed by atoms with Crippen LogP contribution in [-0.2, 0) is 20.9 Å². The SMILES string of the molecule is Cc1nc(C(=O)NCc2ccc(F)c(OCCC(C)C)c2)cc(C2=NOC(C3COC(CC#N)CO3)C2)n1. The van der Waals surface area contributed by atoms with E-state index in [-0.39, 0.29) is 42.7 Å². The van der Waals surface area contributed by atoms with E-state index in [0.717, 1.165) is 6.42 Å². The number of halogens is 1. The summed E-state index contributed by atoms with van der Waals surface area (Å²) in [5.41, 5.74) is 1.96. The first-order valence-corrected chi connectivity index (χ1v) is 12.7. The van der Waals surface area contributed by atoms with Gasteiger partial charge in [0.15, 0.2) is 17.7 Å². The Bertz CT molecular complexity index is 1210. The highest BCUT2D eigenvalue weighted by molar-refractivity contribution is 6.02. The van der Waals surface area contributed by atoms with E-state index in [9.17, 15) is 9.18 Å². The molecule has 1 fully saturated rings. The van der Waals surface area contributed by atoms with Crippen LogP contribution in [0.3, 0.4) is 0 Å². The minimum Gasteiger partial charge on any atom is -0.490 e. The molecule has 10 nitrogen and oxygen atoms in total. The Morgan fingerprint density at radius 2 is 2.08 bits per heavy atom. The molecule has 0 saturated carbocycles. The molecule has 2 aromatic rings. The number of oxime groups is 1. The zero-order valence-corrected chi connectivity index (χ0v) is 21.8. The fraction of sp³-hybridized carbons (Fsp3) is 0.519. The van der Waals surface area contributed by atoms with Crippen LogP contribution in [-0.4, -0.2) is 59.7 Å². The number of aryl methyl sites for hydroxylation is 1. The summed E-state index contributed by atoms with van der Waals surface area (Å²) in [4.78, 5) is 27.2. The predicted molar refractivity (Wildman–Crippen MR) is 135 cm³/mol.